The Balaban J connectivity index is 1.94. The molecule has 0 amide bonds. The molecular weight excluding hydrogens is 342 g/mol. The first-order valence-electron chi connectivity index (χ1n) is 8.68. The number of aromatic nitrogens is 1. The van der Waals surface area contributed by atoms with Gasteiger partial charge in [0.05, 0.1) is 5.52 Å². The van der Waals surface area contributed by atoms with E-state index in [4.69, 9.17) is 25.8 Å². The fourth-order valence-corrected chi connectivity index (χ4v) is 3.69. The van der Waals surface area contributed by atoms with Gasteiger partial charge in [0.1, 0.15) is 17.4 Å². The van der Waals surface area contributed by atoms with Gasteiger partial charge in [0, 0.05) is 31.4 Å². The van der Waals surface area contributed by atoms with Crippen LogP contribution in [0.3, 0.4) is 0 Å². The molecule has 0 atom stereocenters. The lowest BCUT2D eigenvalue weighted by atomic mass is 9.86. The molecule has 1 aromatic heterocycles. The standard InChI is InChI=1S/C19H24ClNO4/c1-23-17(24-2)11-25-16-9-8-13-15(22)10-14(21-19(13)18(16)20)12-6-4-3-5-7-12/h8-10,12,17H,3-7,11H2,1-2H3,(H,21,22). The van der Waals surface area contributed by atoms with Crippen LogP contribution in [0.4, 0.5) is 0 Å². The highest BCUT2D eigenvalue weighted by Crippen LogP contribution is 2.34. The first-order valence-corrected chi connectivity index (χ1v) is 9.05. The number of hydrogen-bond acceptors (Lipinski definition) is 4. The summed E-state index contributed by atoms with van der Waals surface area (Å²) in [5.74, 6) is 0.905. The normalized spacial score (nSPS) is 15.8. The molecule has 0 aliphatic heterocycles. The van der Waals surface area contributed by atoms with Gasteiger partial charge in [0.15, 0.2) is 11.7 Å². The monoisotopic (exact) mass is 365 g/mol. The summed E-state index contributed by atoms with van der Waals surface area (Å²) in [5.41, 5.74) is 1.61. The number of fused-ring (bicyclic) bond motifs is 1. The SMILES string of the molecule is COC(COc1ccc2c(=O)cc(C3CCCCC3)[nH]c2c1Cl)OC. The molecule has 1 heterocycles. The molecule has 5 nitrogen and oxygen atoms in total. The zero-order valence-corrected chi connectivity index (χ0v) is 15.4. The lowest BCUT2D eigenvalue weighted by molar-refractivity contribution is -0.121. The third-order valence-corrected chi connectivity index (χ3v) is 5.25. The van der Waals surface area contributed by atoms with Gasteiger partial charge in [-0.15, -0.1) is 0 Å². The van der Waals surface area contributed by atoms with Gasteiger partial charge >= 0.3 is 0 Å². The number of nitrogens with one attached hydrogen (secondary N) is 1. The van der Waals surface area contributed by atoms with Gasteiger partial charge < -0.3 is 19.2 Å². The van der Waals surface area contributed by atoms with Gasteiger partial charge in [-0.3, -0.25) is 4.79 Å². The van der Waals surface area contributed by atoms with Crippen LogP contribution in [-0.4, -0.2) is 32.1 Å². The van der Waals surface area contributed by atoms with Crippen molar-refractivity contribution in [3.05, 3.63) is 39.1 Å². The molecule has 3 rings (SSSR count). The van der Waals surface area contributed by atoms with E-state index in [0.717, 1.165) is 18.5 Å². The molecule has 0 spiro atoms. The minimum Gasteiger partial charge on any atom is -0.487 e. The predicted octanol–water partition coefficient (Wildman–Crippen LogP) is 4.23. The molecule has 2 aromatic rings. The predicted molar refractivity (Wildman–Crippen MR) is 98.7 cm³/mol. The molecule has 0 bridgehead atoms. The van der Waals surface area contributed by atoms with Crippen molar-refractivity contribution in [1.29, 1.82) is 0 Å². The Kier molecular flexibility index (Phi) is 5.99. The summed E-state index contributed by atoms with van der Waals surface area (Å²) in [6.07, 6.45) is 5.43. The summed E-state index contributed by atoms with van der Waals surface area (Å²) < 4.78 is 15.9. The lowest BCUT2D eigenvalue weighted by Gasteiger charge is -2.22. The van der Waals surface area contributed by atoms with Crippen LogP contribution >= 0.6 is 11.6 Å². The van der Waals surface area contributed by atoms with Gasteiger partial charge in [-0.05, 0) is 30.9 Å². The summed E-state index contributed by atoms with van der Waals surface area (Å²) >= 11 is 6.52. The van der Waals surface area contributed by atoms with Crippen LogP contribution in [0.1, 0.15) is 43.7 Å². The third-order valence-electron chi connectivity index (χ3n) is 4.87. The molecule has 1 aliphatic rings. The largest absolute Gasteiger partial charge is 0.487 e. The van der Waals surface area contributed by atoms with E-state index in [1.54, 1.807) is 32.4 Å². The van der Waals surface area contributed by atoms with E-state index in [1.165, 1.54) is 19.3 Å². The van der Waals surface area contributed by atoms with Crippen LogP contribution in [0, 0.1) is 0 Å². The van der Waals surface area contributed by atoms with Crippen LogP contribution in [0.5, 0.6) is 5.75 Å². The fraction of sp³-hybridized carbons (Fsp3) is 0.526. The zero-order chi connectivity index (χ0) is 17.8. The topological polar surface area (TPSA) is 60.5 Å². The van der Waals surface area contributed by atoms with E-state index >= 15 is 0 Å². The van der Waals surface area contributed by atoms with Crippen LogP contribution in [0.2, 0.25) is 5.02 Å². The number of pyridine rings is 1. The maximum atomic E-state index is 12.5. The molecule has 6 heteroatoms. The number of ether oxygens (including phenoxy) is 3. The second-order valence-corrected chi connectivity index (χ2v) is 6.81. The van der Waals surface area contributed by atoms with Crippen molar-refractivity contribution >= 4 is 22.5 Å². The molecule has 1 aromatic carbocycles. The molecular formula is C19H24ClNO4. The third kappa shape index (κ3) is 4.00. The molecule has 1 saturated carbocycles. The number of methoxy groups -OCH3 is 2. The van der Waals surface area contributed by atoms with Gasteiger partial charge in [0.25, 0.3) is 0 Å². The van der Waals surface area contributed by atoms with E-state index in [2.05, 4.69) is 4.98 Å². The maximum absolute atomic E-state index is 12.5. The Hall–Kier alpha value is -1.56. The molecule has 25 heavy (non-hydrogen) atoms. The van der Waals surface area contributed by atoms with Crippen LogP contribution < -0.4 is 10.2 Å². The van der Waals surface area contributed by atoms with Crippen molar-refractivity contribution in [2.75, 3.05) is 20.8 Å². The quantitative estimate of drug-likeness (QED) is 0.778. The van der Waals surface area contributed by atoms with E-state index < -0.39 is 6.29 Å². The molecule has 1 aliphatic carbocycles. The number of aromatic amines is 1. The average Bonchev–Trinajstić information content (AvgIpc) is 2.65. The second kappa shape index (κ2) is 8.21. The summed E-state index contributed by atoms with van der Waals surface area (Å²) in [4.78, 5) is 15.9. The Morgan fingerprint density at radius 3 is 2.60 bits per heavy atom. The van der Waals surface area contributed by atoms with Crippen molar-refractivity contribution < 1.29 is 14.2 Å². The maximum Gasteiger partial charge on any atom is 0.191 e. The first kappa shape index (κ1) is 18.2. The Bertz CT molecular complexity index is 779. The van der Waals surface area contributed by atoms with Crippen LogP contribution in [0.15, 0.2) is 23.0 Å². The van der Waals surface area contributed by atoms with Crippen molar-refractivity contribution in [3.63, 3.8) is 0 Å². The smallest absolute Gasteiger partial charge is 0.191 e. The highest BCUT2D eigenvalue weighted by molar-refractivity contribution is 6.36. The fourth-order valence-electron chi connectivity index (χ4n) is 3.42. The van der Waals surface area contributed by atoms with Crippen molar-refractivity contribution in [1.82, 2.24) is 4.98 Å². The number of H-pyrrole nitrogens is 1. The Morgan fingerprint density at radius 1 is 1.20 bits per heavy atom. The summed E-state index contributed by atoms with van der Waals surface area (Å²) in [7, 11) is 3.10. The Morgan fingerprint density at radius 2 is 1.92 bits per heavy atom. The Labute approximate surface area is 152 Å². The van der Waals surface area contributed by atoms with Gasteiger partial charge in [0.2, 0.25) is 0 Å². The molecule has 0 unspecified atom stereocenters. The van der Waals surface area contributed by atoms with Crippen LogP contribution in [-0.2, 0) is 9.47 Å². The van der Waals surface area contributed by atoms with Crippen molar-refractivity contribution in [2.24, 2.45) is 0 Å². The summed E-state index contributed by atoms with van der Waals surface area (Å²) in [6.45, 7) is 0.213. The average molecular weight is 366 g/mol. The number of rotatable bonds is 6. The van der Waals surface area contributed by atoms with E-state index in [-0.39, 0.29) is 12.0 Å². The summed E-state index contributed by atoms with van der Waals surface area (Å²) in [6, 6.07) is 5.18. The number of benzene rings is 1. The van der Waals surface area contributed by atoms with E-state index in [1.807, 2.05) is 0 Å². The molecule has 136 valence electrons. The first-order chi connectivity index (χ1) is 12.1. The minimum atomic E-state index is -0.473. The molecule has 0 radical (unpaired) electrons. The van der Waals surface area contributed by atoms with Gasteiger partial charge in [-0.1, -0.05) is 30.9 Å². The van der Waals surface area contributed by atoms with E-state index in [0.29, 0.717) is 27.6 Å². The molecule has 0 saturated heterocycles. The van der Waals surface area contributed by atoms with Crippen molar-refractivity contribution in [2.45, 2.75) is 44.3 Å². The molecule has 1 fully saturated rings. The number of hydrogen-bond donors (Lipinski definition) is 1. The highest BCUT2D eigenvalue weighted by Gasteiger charge is 2.19. The lowest BCUT2D eigenvalue weighted by Crippen LogP contribution is -2.22. The molecule has 1 N–H and O–H groups in total. The van der Waals surface area contributed by atoms with E-state index in [9.17, 15) is 4.79 Å². The minimum absolute atomic E-state index is 0.00515. The number of halogens is 1. The summed E-state index contributed by atoms with van der Waals surface area (Å²) in [5, 5.41) is 0.991. The van der Waals surface area contributed by atoms with Crippen LogP contribution in [0.25, 0.3) is 10.9 Å². The highest BCUT2D eigenvalue weighted by atomic mass is 35.5. The van der Waals surface area contributed by atoms with Gasteiger partial charge in [-0.2, -0.15) is 0 Å². The second-order valence-electron chi connectivity index (χ2n) is 6.44. The van der Waals surface area contributed by atoms with Gasteiger partial charge in [-0.25, -0.2) is 0 Å². The zero-order valence-electron chi connectivity index (χ0n) is 14.6. The van der Waals surface area contributed by atoms with Crippen molar-refractivity contribution in [3.8, 4) is 5.75 Å².